The van der Waals surface area contributed by atoms with Gasteiger partial charge in [-0.05, 0) is 47.2 Å². The molecular weight excluding hydrogens is 314 g/mol. The highest BCUT2D eigenvalue weighted by Crippen LogP contribution is 2.30. The summed E-state index contributed by atoms with van der Waals surface area (Å²) >= 11 is 0. The van der Waals surface area contributed by atoms with Crippen LogP contribution < -0.4 is 14.8 Å². The van der Waals surface area contributed by atoms with Crippen molar-refractivity contribution >= 4 is 5.91 Å². The number of carbonyl (C=O) groups is 1. The molecule has 3 rings (SSSR count). The highest BCUT2D eigenvalue weighted by molar-refractivity contribution is 5.94. The van der Waals surface area contributed by atoms with Crippen molar-refractivity contribution in [3.63, 3.8) is 0 Å². The van der Waals surface area contributed by atoms with Gasteiger partial charge in [-0.1, -0.05) is 39.0 Å². The van der Waals surface area contributed by atoms with E-state index in [-0.39, 0.29) is 11.3 Å². The second-order valence-electron chi connectivity index (χ2n) is 7.31. The largest absolute Gasteiger partial charge is 0.486 e. The first-order chi connectivity index (χ1) is 11.9. The number of benzene rings is 2. The summed E-state index contributed by atoms with van der Waals surface area (Å²) in [6.45, 7) is 8.24. The van der Waals surface area contributed by atoms with E-state index in [2.05, 4.69) is 26.1 Å². The molecule has 4 nitrogen and oxygen atoms in total. The minimum absolute atomic E-state index is 0.0435. The third-order valence-electron chi connectivity index (χ3n) is 4.32. The lowest BCUT2D eigenvalue weighted by Crippen LogP contribution is -2.26. The Balaban J connectivity index is 1.54. The van der Waals surface area contributed by atoms with Crippen LogP contribution >= 0.6 is 0 Å². The Morgan fingerprint density at radius 3 is 2.36 bits per heavy atom. The molecule has 0 atom stereocenters. The fraction of sp³-hybridized carbons (Fsp3) is 0.381. The molecule has 0 saturated carbocycles. The van der Waals surface area contributed by atoms with E-state index in [1.54, 1.807) is 0 Å². The summed E-state index contributed by atoms with van der Waals surface area (Å²) in [7, 11) is 0. The van der Waals surface area contributed by atoms with Crippen LogP contribution in [0.15, 0.2) is 42.5 Å². The van der Waals surface area contributed by atoms with Gasteiger partial charge in [0.2, 0.25) is 0 Å². The average Bonchev–Trinajstić information content (AvgIpc) is 2.61. The number of hydrogen-bond donors (Lipinski definition) is 1. The molecule has 1 heterocycles. The lowest BCUT2D eigenvalue weighted by atomic mass is 9.87. The van der Waals surface area contributed by atoms with Crippen molar-refractivity contribution < 1.29 is 14.3 Å². The summed E-state index contributed by atoms with van der Waals surface area (Å²) in [6, 6.07) is 13.7. The third kappa shape index (κ3) is 4.32. The smallest absolute Gasteiger partial charge is 0.251 e. The summed E-state index contributed by atoms with van der Waals surface area (Å²) in [5, 5.41) is 2.97. The maximum absolute atomic E-state index is 12.3. The van der Waals surface area contributed by atoms with Crippen LogP contribution in [0.3, 0.4) is 0 Å². The second-order valence-corrected chi connectivity index (χ2v) is 7.31. The van der Waals surface area contributed by atoms with Gasteiger partial charge in [0.15, 0.2) is 11.5 Å². The third-order valence-corrected chi connectivity index (χ3v) is 4.32. The van der Waals surface area contributed by atoms with E-state index in [0.29, 0.717) is 25.3 Å². The lowest BCUT2D eigenvalue weighted by molar-refractivity contribution is 0.0954. The van der Waals surface area contributed by atoms with Gasteiger partial charge < -0.3 is 14.8 Å². The minimum atomic E-state index is -0.0435. The Kier molecular flexibility index (Phi) is 4.98. The number of carbonyl (C=O) groups excluding carboxylic acids is 1. The summed E-state index contributed by atoms with van der Waals surface area (Å²) in [6.07, 6.45) is 0.752. The van der Waals surface area contributed by atoms with Crippen LogP contribution in [0.2, 0.25) is 0 Å². The normalized spacial score (nSPS) is 13.4. The van der Waals surface area contributed by atoms with Crippen LogP contribution in [0, 0.1) is 0 Å². The predicted molar refractivity (Wildman–Crippen MR) is 98.6 cm³/mol. The molecule has 0 saturated heterocycles. The zero-order valence-corrected chi connectivity index (χ0v) is 15.1. The summed E-state index contributed by atoms with van der Waals surface area (Å²) in [5.41, 5.74) is 3.12. The van der Waals surface area contributed by atoms with Crippen molar-refractivity contribution in [2.75, 3.05) is 19.8 Å². The molecule has 0 bridgehead atoms. The van der Waals surface area contributed by atoms with Crippen LogP contribution in [0.4, 0.5) is 0 Å². The van der Waals surface area contributed by atoms with Gasteiger partial charge in [-0.25, -0.2) is 0 Å². The van der Waals surface area contributed by atoms with E-state index in [0.717, 1.165) is 23.5 Å². The number of rotatable bonds is 4. The first-order valence-corrected chi connectivity index (χ1v) is 8.71. The Bertz CT molecular complexity index is 745. The fourth-order valence-electron chi connectivity index (χ4n) is 2.79. The second kappa shape index (κ2) is 7.18. The van der Waals surface area contributed by atoms with Crippen LogP contribution in [0.25, 0.3) is 0 Å². The molecule has 0 unspecified atom stereocenters. The number of fused-ring (bicyclic) bond motifs is 1. The van der Waals surface area contributed by atoms with E-state index >= 15 is 0 Å². The van der Waals surface area contributed by atoms with E-state index in [1.165, 1.54) is 5.56 Å². The van der Waals surface area contributed by atoms with Crippen molar-refractivity contribution in [2.24, 2.45) is 0 Å². The Morgan fingerprint density at radius 1 is 1.00 bits per heavy atom. The van der Waals surface area contributed by atoms with Gasteiger partial charge in [0, 0.05) is 12.1 Å². The zero-order chi connectivity index (χ0) is 17.9. The molecular formula is C21H25NO3. The van der Waals surface area contributed by atoms with E-state index in [9.17, 15) is 4.79 Å². The lowest BCUT2D eigenvalue weighted by Gasteiger charge is -2.19. The molecule has 0 fully saturated rings. The van der Waals surface area contributed by atoms with E-state index < -0.39 is 0 Å². The molecule has 1 aliphatic heterocycles. The van der Waals surface area contributed by atoms with Crippen molar-refractivity contribution in [1.82, 2.24) is 5.32 Å². The fourth-order valence-corrected chi connectivity index (χ4v) is 2.79. The van der Waals surface area contributed by atoms with Crippen LogP contribution in [-0.4, -0.2) is 25.7 Å². The quantitative estimate of drug-likeness (QED) is 0.923. The zero-order valence-electron chi connectivity index (χ0n) is 15.1. The van der Waals surface area contributed by atoms with Gasteiger partial charge >= 0.3 is 0 Å². The van der Waals surface area contributed by atoms with Gasteiger partial charge in [-0.3, -0.25) is 4.79 Å². The maximum Gasteiger partial charge on any atom is 0.251 e. The van der Waals surface area contributed by atoms with Gasteiger partial charge in [0.05, 0.1) is 0 Å². The number of nitrogens with one attached hydrogen (secondary N) is 1. The molecule has 132 valence electrons. The first kappa shape index (κ1) is 17.3. The van der Waals surface area contributed by atoms with E-state index in [4.69, 9.17) is 9.47 Å². The first-order valence-electron chi connectivity index (χ1n) is 8.71. The van der Waals surface area contributed by atoms with Crippen molar-refractivity contribution in [2.45, 2.75) is 32.6 Å². The molecule has 1 N–H and O–H groups in total. The molecule has 0 radical (unpaired) electrons. The SMILES string of the molecule is CC(C)(C)c1ccc(C(=O)NCCc2ccc3c(c2)OCCO3)cc1. The van der Waals surface area contributed by atoms with Crippen LogP contribution in [0.1, 0.15) is 42.3 Å². The standard InChI is InChI=1S/C21H25NO3/c1-21(2,3)17-7-5-16(6-8-17)20(23)22-11-10-15-4-9-18-19(14-15)25-13-12-24-18/h4-9,14H,10-13H2,1-3H3,(H,22,23). The highest BCUT2D eigenvalue weighted by atomic mass is 16.6. The molecule has 4 heteroatoms. The van der Waals surface area contributed by atoms with Crippen molar-refractivity contribution in [3.05, 3.63) is 59.2 Å². The number of amides is 1. The Hall–Kier alpha value is -2.49. The monoisotopic (exact) mass is 339 g/mol. The van der Waals surface area contributed by atoms with Gasteiger partial charge in [0.25, 0.3) is 5.91 Å². The molecule has 0 spiro atoms. The molecule has 0 aliphatic carbocycles. The highest BCUT2D eigenvalue weighted by Gasteiger charge is 2.14. The predicted octanol–water partition coefficient (Wildman–Crippen LogP) is 3.73. The van der Waals surface area contributed by atoms with E-state index in [1.807, 2.05) is 42.5 Å². The Labute approximate surface area is 149 Å². The number of ether oxygens (including phenoxy) is 2. The van der Waals surface area contributed by atoms with Crippen molar-refractivity contribution in [1.29, 1.82) is 0 Å². The summed E-state index contributed by atoms with van der Waals surface area (Å²) in [5.74, 6) is 1.53. The maximum atomic E-state index is 12.3. The Morgan fingerprint density at radius 2 is 1.68 bits per heavy atom. The molecule has 2 aromatic rings. The molecule has 0 aromatic heterocycles. The molecule has 2 aromatic carbocycles. The van der Waals surface area contributed by atoms with Gasteiger partial charge in [-0.2, -0.15) is 0 Å². The molecule has 25 heavy (non-hydrogen) atoms. The van der Waals surface area contributed by atoms with Crippen LogP contribution in [0.5, 0.6) is 11.5 Å². The minimum Gasteiger partial charge on any atom is -0.486 e. The van der Waals surface area contributed by atoms with Gasteiger partial charge in [-0.15, -0.1) is 0 Å². The summed E-state index contributed by atoms with van der Waals surface area (Å²) < 4.78 is 11.1. The topological polar surface area (TPSA) is 47.6 Å². The van der Waals surface area contributed by atoms with Gasteiger partial charge in [0.1, 0.15) is 13.2 Å². The summed E-state index contributed by atoms with van der Waals surface area (Å²) in [4.78, 5) is 12.3. The molecule has 1 aliphatic rings. The number of hydrogen-bond acceptors (Lipinski definition) is 3. The average molecular weight is 339 g/mol. The van der Waals surface area contributed by atoms with Crippen LogP contribution in [-0.2, 0) is 11.8 Å². The molecule has 1 amide bonds. The van der Waals surface area contributed by atoms with Crippen molar-refractivity contribution in [3.8, 4) is 11.5 Å².